The van der Waals surface area contributed by atoms with Gasteiger partial charge in [0.05, 0.1) is 7.11 Å². The zero-order valence-electron chi connectivity index (χ0n) is 12.8. The highest BCUT2D eigenvalue weighted by molar-refractivity contribution is 5.42. The zero-order valence-corrected chi connectivity index (χ0v) is 12.8. The molecule has 21 heavy (non-hydrogen) atoms. The molecule has 0 aromatic carbocycles. The van der Waals surface area contributed by atoms with Crippen LogP contribution in [0.25, 0.3) is 0 Å². The summed E-state index contributed by atoms with van der Waals surface area (Å²) in [5.41, 5.74) is 0.296. The maximum atomic E-state index is 5.22. The van der Waals surface area contributed by atoms with E-state index in [2.05, 4.69) is 26.3 Å². The Morgan fingerprint density at radius 1 is 1.33 bits per heavy atom. The number of likely N-dealkylation sites (tertiary alicyclic amines) is 1. The molecule has 0 radical (unpaired) electrons. The molecule has 1 unspecified atom stereocenters. The van der Waals surface area contributed by atoms with Crippen LogP contribution in [0.5, 0.6) is 5.88 Å². The summed E-state index contributed by atoms with van der Waals surface area (Å²) in [6.45, 7) is 8.19. The minimum Gasteiger partial charge on any atom is -0.481 e. The maximum absolute atomic E-state index is 5.22. The highest BCUT2D eigenvalue weighted by atomic mass is 16.5. The smallest absolute Gasteiger partial charge is 0.218 e. The highest BCUT2D eigenvalue weighted by Crippen LogP contribution is 2.38. The van der Waals surface area contributed by atoms with Gasteiger partial charge in [-0.05, 0) is 32.2 Å². The van der Waals surface area contributed by atoms with Gasteiger partial charge in [0.2, 0.25) is 5.88 Å². The first kappa shape index (κ1) is 14.3. The van der Waals surface area contributed by atoms with Crippen molar-refractivity contribution in [2.75, 3.05) is 38.2 Å². The molecule has 1 atom stereocenters. The fourth-order valence-corrected chi connectivity index (χ4v) is 3.82. The second kappa shape index (κ2) is 6.02. The van der Waals surface area contributed by atoms with Crippen LogP contribution in [0.2, 0.25) is 0 Å². The SMILES string of the molecule is C=CCN1CCCC12CCCN(c1cc(OC)ncn1)C2. The third-order valence-electron chi connectivity index (χ3n) is 4.81. The van der Waals surface area contributed by atoms with E-state index in [0.29, 0.717) is 11.4 Å². The van der Waals surface area contributed by atoms with Crippen molar-refractivity contribution in [3.05, 3.63) is 25.0 Å². The van der Waals surface area contributed by atoms with Crippen LogP contribution in [-0.4, -0.2) is 53.7 Å². The molecule has 2 fully saturated rings. The van der Waals surface area contributed by atoms with Crippen LogP contribution in [0.15, 0.2) is 25.0 Å². The fraction of sp³-hybridized carbons (Fsp3) is 0.625. The first-order valence-electron chi connectivity index (χ1n) is 7.74. The van der Waals surface area contributed by atoms with Crippen molar-refractivity contribution in [3.8, 4) is 5.88 Å². The Kier molecular flexibility index (Phi) is 4.10. The Hall–Kier alpha value is -1.62. The molecule has 1 spiro atoms. The number of rotatable bonds is 4. The van der Waals surface area contributed by atoms with Gasteiger partial charge in [0.25, 0.3) is 0 Å². The molecule has 0 saturated carbocycles. The summed E-state index contributed by atoms with van der Waals surface area (Å²) in [4.78, 5) is 13.5. The second-order valence-electron chi connectivity index (χ2n) is 6.01. The molecule has 2 aliphatic rings. The molecule has 3 rings (SSSR count). The molecular weight excluding hydrogens is 264 g/mol. The van der Waals surface area contributed by atoms with Gasteiger partial charge in [0, 0.05) is 31.2 Å². The van der Waals surface area contributed by atoms with Crippen LogP contribution >= 0.6 is 0 Å². The van der Waals surface area contributed by atoms with Crippen molar-refractivity contribution < 1.29 is 4.74 Å². The first-order valence-corrected chi connectivity index (χ1v) is 7.74. The van der Waals surface area contributed by atoms with Crippen molar-refractivity contribution in [1.29, 1.82) is 0 Å². The predicted octanol–water partition coefficient (Wildman–Crippen LogP) is 2.11. The van der Waals surface area contributed by atoms with Crippen LogP contribution in [0.4, 0.5) is 5.82 Å². The lowest BCUT2D eigenvalue weighted by Crippen LogP contribution is -2.56. The minimum atomic E-state index is 0.296. The van der Waals surface area contributed by atoms with Crippen molar-refractivity contribution in [1.82, 2.24) is 14.9 Å². The quantitative estimate of drug-likeness (QED) is 0.794. The van der Waals surface area contributed by atoms with Crippen LogP contribution in [0.3, 0.4) is 0 Å². The molecule has 2 saturated heterocycles. The molecule has 5 nitrogen and oxygen atoms in total. The third-order valence-corrected chi connectivity index (χ3v) is 4.81. The lowest BCUT2D eigenvalue weighted by Gasteiger charge is -2.46. The average Bonchev–Trinajstić information content (AvgIpc) is 2.90. The molecule has 2 aliphatic heterocycles. The summed E-state index contributed by atoms with van der Waals surface area (Å²) >= 11 is 0. The van der Waals surface area contributed by atoms with Gasteiger partial charge < -0.3 is 9.64 Å². The van der Waals surface area contributed by atoms with Crippen molar-refractivity contribution in [2.24, 2.45) is 0 Å². The fourth-order valence-electron chi connectivity index (χ4n) is 3.82. The monoisotopic (exact) mass is 288 g/mol. The van der Waals surface area contributed by atoms with Crippen molar-refractivity contribution >= 4 is 5.82 Å². The van der Waals surface area contributed by atoms with E-state index in [4.69, 9.17) is 4.74 Å². The molecule has 1 aromatic heterocycles. The lowest BCUT2D eigenvalue weighted by atomic mass is 9.86. The Bertz CT molecular complexity index is 507. The van der Waals surface area contributed by atoms with E-state index < -0.39 is 0 Å². The molecule has 114 valence electrons. The van der Waals surface area contributed by atoms with Gasteiger partial charge in [0.1, 0.15) is 12.1 Å². The van der Waals surface area contributed by atoms with E-state index in [1.54, 1.807) is 13.4 Å². The molecular formula is C16H24N4O. The number of nitrogens with zero attached hydrogens (tertiary/aromatic N) is 4. The van der Waals surface area contributed by atoms with E-state index in [0.717, 1.165) is 25.5 Å². The lowest BCUT2D eigenvalue weighted by molar-refractivity contribution is 0.130. The van der Waals surface area contributed by atoms with Gasteiger partial charge in [-0.15, -0.1) is 6.58 Å². The number of hydrogen-bond donors (Lipinski definition) is 0. The number of methoxy groups -OCH3 is 1. The van der Waals surface area contributed by atoms with Gasteiger partial charge in [0.15, 0.2) is 0 Å². The Balaban J connectivity index is 1.80. The summed E-state index contributed by atoms with van der Waals surface area (Å²) < 4.78 is 5.22. The van der Waals surface area contributed by atoms with Crippen molar-refractivity contribution in [3.63, 3.8) is 0 Å². The predicted molar refractivity (Wildman–Crippen MR) is 83.8 cm³/mol. The molecule has 3 heterocycles. The molecule has 0 aliphatic carbocycles. The Morgan fingerprint density at radius 2 is 2.14 bits per heavy atom. The average molecular weight is 288 g/mol. The van der Waals surface area contributed by atoms with E-state index in [-0.39, 0.29) is 0 Å². The number of hydrogen-bond acceptors (Lipinski definition) is 5. The Morgan fingerprint density at radius 3 is 2.90 bits per heavy atom. The number of ether oxygens (including phenoxy) is 1. The summed E-state index contributed by atoms with van der Waals surface area (Å²) in [7, 11) is 1.65. The minimum absolute atomic E-state index is 0.296. The third kappa shape index (κ3) is 2.75. The standard InChI is InChI=1S/C16H24N4O/c1-3-8-20-10-5-7-16(20)6-4-9-19(12-16)14-11-15(21-2)18-13-17-14/h3,11,13H,1,4-10,12H2,2H3. The summed E-state index contributed by atoms with van der Waals surface area (Å²) in [6.07, 6.45) is 8.67. The molecule has 0 N–H and O–H groups in total. The van der Waals surface area contributed by atoms with Gasteiger partial charge in [-0.1, -0.05) is 6.08 Å². The second-order valence-corrected chi connectivity index (χ2v) is 6.01. The number of anilines is 1. The molecule has 1 aromatic rings. The largest absolute Gasteiger partial charge is 0.481 e. The van der Waals surface area contributed by atoms with E-state index in [1.807, 2.05) is 12.1 Å². The van der Waals surface area contributed by atoms with E-state index >= 15 is 0 Å². The van der Waals surface area contributed by atoms with Crippen LogP contribution in [0, 0.1) is 0 Å². The highest BCUT2D eigenvalue weighted by Gasteiger charge is 2.43. The number of piperidine rings is 1. The zero-order chi connectivity index (χ0) is 14.7. The van der Waals surface area contributed by atoms with Gasteiger partial charge in [-0.25, -0.2) is 9.97 Å². The van der Waals surface area contributed by atoms with Gasteiger partial charge >= 0.3 is 0 Å². The summed E-state index contributed by atoms with van der Waals surface area (Å²) in [5, 5.41) is 0. The van der Waals surface area contributed by atoms with Crippen molar-refractivity contribution in [2.45, 2.75) is 31.2 Å². The van der Waals surface area contributed by atoms with E-state index in [9.17, 15) is 0 Å². The topological polar surface area (TPSA) is 41.5 Å². The normalized spacial score (nSPS) is 26.2. The van der Waals surface area contributed by atoms with Crippen LogP contribution in [0.1, 0.15) is 25.7 Å². The van der Waals surface area contributed by atoms with E-state index in [1.165, 1.54) is 32.2 Å². The first-order chi connectivity index (χ1) is 10.3. The van der Waals surface area contributed by atoms with Gasteiger partial charge in [-0.3, -0.25) is 4.90 Å². The van der Waals surface area contributed by atoms with Crippen LogP contribution < -0.4 is 9.64 Å². The number of aromatic nitrogens is 2. The summed E-state index contributed by atoms with van der Waals surface area (Å²) in [5.74, 6) is 1.61. The molecule has 0 bridgehead atoms. The summed E-state index contributed by atoms with van der Waals surface area (Å²) in [6, 6.07) is 1.94. The molecule has 5 heteroatoms. The van der Waals surface area contributed by atoms with Gasteiger partial charge in [-0.2, -0.15) is 0 Å². The maximum Gasteiger partial charge on any atom is 0.218 e. The molecule has 0 amide bonds. The Labute approximate surface area is 126 Å². The van der Waals surface area contributed by atoms with Crippen LogP contribution in [-0.2, 0) is 0 Å².